The van der Waals surface area contributed by atoms with Crippen molar-refractivity contribution in [3.8, 4) is 5.75 Å². The van der Waals surface area contributed by atoms with Crippen LogP contribution in [-0.4, -0.2) is 52.4 Å². The van der Waals surface area contributed by atoms with Gasteiger partial charge in [0.25, 0.3) is 0 Å². The molecule has 0 saturated heterocycles. The highest BCUT2D eigenvalue weighted by atomic mass is 19.1. The average molecular weight is 334 g/mol. The Hall–Kier alpha value is -2.64. The molecule has 2 aromatic rings. The minimum absolute atomic E-state index is 0.101. The van der Waals surface area contributed by atoms with E-state index in [9.17, 15) is 4.39 Å². The van der Waals surface area contributed by atoms with E-state index >= 15 is 0 Å². The molecule has 0 fully saturated rings. The summed E-state index contributed by atoms with van der Waals surface area (Å²) < 4.78 is 20.4. The van der Waals surface area contributed by atoms with Gasteiger partial charge >= 0.3 is 0 Å². The van der Waals surface area contributed by atoms with E-state index in [4.69, 9.17) is 4.74 Å². The number of nitrogens with zero attached hydrogens (tertiary/aromatic N) is 5. The fraction of sp³-hybridized carbons (Fsp3) is 0.438. The molecule has 1 aromatic carbocycles. The summed E-state index contributed by atoms with van der Waals surface area (Å²) in [5.41, 5.74) is 0. The Balaban J connectivity index is 1.84. The monoisotopic (exact) mass is 334 g/mol. The molecule has 0 aliphatic heterocycles. The highest BCUT2D eigenvalue weighted by Crippen LogP contribution is 2.12. The molecule has 1 heterocycles. The summed E-state index contributed by atoms with van der Waals surface area (Å²) in [5, 5.41) is 7.31. The number of benzene rings is 1. The molecule has 0 aliphatic carbocycles. The quantitative estimate of drug-likeness (QED) is 0.639. The minimum atomic E-state index is -0.279. The summed E-state index contributed by atoms with van der Waals surface area (Å²) in [6.45, 7) is 3.09. The summed E-state index contributed by atoms with van der Waals surface area (Å²) in [7, 11) is 5.50. The van der Waals surface area contributed by atoms with Gasteiger partial charge in [0.2, 0.25) is 0 Å². The summed E-state index contributed by atoms with van der Waals surface area (Å²) >= 11 is 0. The number of rotatable bonds is 6. The average Bonchev–Trinajstić information content (AvgIpc) is 2.95. The van der Waals surface area contributed by atoms with E-state index in [-0.39, 0.29) is 11.9 Å². The van der Waals surface area contributed by atoms with Gasteiger partial charge in [0.05, 0.1) is 13.1 Å². The van der Waals surface area contributed by atoms with E-state index in [1.807, 2.05) is 25.9 Å². The predicted molar refractivity (Wildman–Crippen MR) is 90.3 cm³/mol. The van der Waals surface area contributed by atoms with Gasteiger partial charge in [0.15, 0.2) is 5.96 Å². The third-order valence-corrected chi connectivity index (χ3v) is 3.46. The molecule has 1 N–H and O–H groups in total. The van der Waals surface area contributed by atoms with Crippen molar-refractivity contribution in [1.82, 2.24) is 25.0 Å². The molecule has 0 aliphatic rings. The molecule has 0 spiro atoms. The van der Waals surface area contributed by atoms with Crippen molar-refractivity contribution in [1.29, 1.82) is 0 Å². The Labute approximate surface area is 141 Å². The molecular weight excluding hydrogens is 311 g/mol. The maximum atomic E-state index is 12.9. The number of aryl methyl sites for hydroxylation is 1. The van der Waals surface area contributed by atoms with Gasteiger partial charge < -0.3 is 15.0 Å². The van der Waals surface area contributed by atoms with Gasteiger partial charge in [-0.3, -0.25) is 9.67 Å². The maximum Gasteiger partial charge on any atom is 0.193 e. The van der Waals surface area contributed by atoms with E-state index in [1.54, 1.807) is 23.9 Å². The van der Waals surface area contributed by atoms with Gasteiger partial charge in [0.1, 0.15) is 29.8 Å². The molecule has 1 aromatic heterocycles. The molecule has 1 unspecified atom stereocenters. The van der Waals surface area contributed by atoms with Crippen molar-refractivity contribution in [2.75, 3.05) is 20.6 Å². The number of halogens is 1. The molecular formula is C16H23FN6O. The Morgan fingerprint density at radius 2 is 2.12 bits per heavy atom. The van der Waals surface area contributed by atoms with E-state index in [0.717, 1.165) is 11.8 Å². The zero-order valence-corrected chi connectivity index (χ0v) is 14.4. The van der Waals surface area contributed by atoms with Crippen LogP contribution in [0.4, 0.5) is 4.39 Å². The molecule has 1 atom stereocenters. The van der Waals surface area contributed by atoms with Gasteiger partial charge in [-0.2, -0.15) is 5.10 Å². The lowest BCUT2D eigenvalue weighted by molar-refractivity contribution is 0.222. The zero-order valence-electron chi connectivity index (χ0n) is 14.4. The first-order chi connectivity index (χ1) is 11.5. The zero-order chi connectivity index (χ0) is 17.5. The molecule has 0 bridgehead atoms. The standard InChI is InChI=1S/C16H23FN6O/c1-12(24-14-7-5-13(17)6-8-14)9-19-16(18-2)22(3)10-15-20-11-21-23(15)4/h5-8,11-12H,9-10H2,1-4H3,(H,18,19). The first kappa shape index (κ1) is 17.7. The first-order valence-corrected chi connectivity index (χ1v) is 7.66. The van der Waals surface area contributed by atoms with Crippen LogP contribution in [0.2, 0.25) is 0 Å². The van der Waals surface area contributed by atoms with Crippen molar-refractivity contribution >= 4 is 5.96 Å². The fourth-order valence-corrected chi connectivity index (χ4v) is 2.16. The maximum absolute atomic E-state index is 12.9. The van der Waals surface area contributed by atoms with Gasteiger partial charge in [0, 0.05) is 21.1 Å². The number of hydrogen-bond donors (Lipinski definition) is 1. The van der Waals surface area contributed by atoms with E-state index in [2.05, 4.69) is 20.4 Å². The topological polar surface area (TPSA) is 67.6 Å². The van der Waals surface area contributed by atoms with Gasteiger partial charge in [-0.25, -0.2) is 9.37 Å². The summed E-state index contributed by atoms with van der Waals surface area (Å²) in [4.78, 5) is 10.4. The van der Waals surface area contributed by atoms with Crippen molar-refractivity contribution in [2.24, 2.45) is 12.0 Å². The molecule has 8 heteroatoms. The molecule has 7 nitrogen and oxygen atoms in total. The SMILES string of the molecule is CN=C(NCC(C)Oc1ccc(F)cc1)N(C)Cc1ncnn1C. The number of guanidine groups is 1. The molecule has 0 radical (unpaired) electrons. The van der Waals surface area contributed by atoms with Crippen LogP contribution < -0.4 is 10.1 Å². The van der Waals surface area contributed by atoms with Crippen LogP contribution in [-0.2, 0) is 13.6 Å². The summed E-state index contributed by atoms with van der Waals surface area (Å²) in [6.07, 6.45) is 1.42. The Morgan fingerprint density at radius 3 is 2.71 bits per heavy atom. The van der Waals surface area contributed by atoms with Crippen LogP contribution in [0, 0.1) is 5.82 Å². The fourth-order valence-electron chi connectivity index (χ4n) is 2.16. The third-order valence-electron chi connectivity index (χ3n) is 3.46. The van der Waals surface area contributed by atoms with Crippen molar-refractivity contribution in [2.45, 2.75) is 19.6 Å². The molecule has 0 saturated carbocycles. The number of aliphatic imine (C=N–C) groups is 1. The van der Waals surface area contributed by atoms with E-state index in [1.165, 1.54) is 18.5 Å². The predicted octanol–water partition coefficient (Wildman–Crippen LogP) is 1.43. The van der Waals surface area contributed by atoms with Gasteiger partial charge in [-0.1, -0.05) is 0 Å². The largest absolute Gasteiger partial charge is 0.489 e. The van der Waals surface area contributed by atoms with Crippen molar-refractivity contribution < 1.29 is 9.13 Å². The first-order valence-electron chi connectivity index (χ1n) is 7.66. The van der Waals surface area contributed by atoms with Crippen LogP contribution in [0.15, 0.2) is 35.6 Å². The highest BCUT2D eigenvalue weighted by molar-refractivity contribution is 5.79. The van der Waals surface area contributed by atoms with Crippen LogP contribution in [0.5, 0.6) is 5.75 Å². The minimum Gasteiger partial charge on any atom is -0.489 e. The van der Waals surface area contributed by atoms with Gasteiger partial charge in [-0.05, 0) is 31.2 Å². The van der Waals surface area contributed by atoms with Crippen LogP contribution in [0.25, 0.3) is 0 Å². The van der Waals surface area contributed by atoms with E-state index < -0.39 is 0 Å². The molecule has 0 amide bonds. The van der Waals surface area contributed by atoms with Crippen LogP contribution in [0.3, 0.4) is 0 Å². The number of ether oxygens (including phenoxy) is 1. The Kier molecular flexibility index (Phi) is 6.11. The van der Waals surface area contributed by atoms with Crippen LogP contribution in [0.1, 0.15) is 12.7 Å². The molecule has 24 heavy (non-hydrogen) atoms. The number of aromatic nitrogens is 3. The summed E-state index contributed by atoms with van der Waals surface area (Å²) in [6, 6.07) is 5.98. The molecule has 2 rings (SSSR count). The second kappa shape index (κ2) is 8.28. The normalized spacial score (nSPS) is 12.8. The van der Waals surface area contributed by atoms with Crippen molar-refractivity contribution in [3.05, 3.63) is 42.2 Å². The lowest BCUT2D eigenvalue weighted by Crippen LogP contribution is -2.42. The van der Waals surface area contributed by atoms with Crippen molar-refractivity contribution in [3.63, 3.8) is 0 Å². The highest BCUT2D eigenvalue weighted by Gasteiger charge is 2.12. The van der Waals surface area contributed by atoms with Crippen LogP contribution >= 0.6 is 0 Å². The smallest absolute Gasteiger partial charge is 0.193 e. The number of hydrogen-bond acceptors (Lipinski definition) is 4. The lowest BCUT2D eigenvalue weighted by Gasteiger charge is -2.23. The number of nitrogens with one attached hydrogen (secondary N) is 1. The summed E-state index contributed by atoms with van der Waals surface area (Å²) in [5.74, 6) is 1.93. The second-order valence-corrected chi connectivity index (χ2v) is 5.47. The third kappa shape index (κ3) is 4.94. The molecule has 130 valence electrons. The Bertz CT molecular complexity index is 669. The van der Waals surface area contributed by atoms with E-state index in [0.29, 0.717) is 18.8 Å². The second-order valence-electron chi connectivity index (χ2n) is 5.47. The Morgan fingerprint density at radius 1 is 1.42 bits per heavy atom. The lowest BCUT2D eigenvalue weighted by atomic mass is 10.3. The van der Waals surface area contributed by atoms with Gasteiger partial charge in [-0.15, -0.1) is 0 Å².